The number of phosphoric acid groups is 1. The fraction of sp³-hybridized carbons (Fsp3) is 0.533. The number of nitrogens with zero attached hydrogens (tertiary/aromatic N) is 4. The highest BCUT2D eigenvalue weighted by molar-refractivity contribution is 7.46. The molecule has 33 heavy (non-hydrogen) atoms. The monoisotopic (exact) mass is 492 g/mol. The number of phosphoric ester groups is 1. The predicted molar refractivity (Wildman–Crippen MR) is 105 cm³/mol. The van der Waals surface area contributed by atoms with Gasteiger partial charge in [-0.25, -0.2) is 29.1 Å². The first-order valence-electron chi connectivity index (χ1n) is 9.26. The molecule has 2 aromatic heterocycles. The Hall–Kier alpha value is -2.76. The number of hydrogen-bond acceptors (Lipinski definition) is 11. The Morgan fingerprint density at radius 3 is 2.58 bits per heavy atom. The zero-order valence-corrected chi connectivity index (χ0v) is 17.7. The Morgan fingerprint density at radius 2 is 1.97 bits per heavy atom. The van der Waals surface area contributed by atoms with Crippen LogP contribution in [0.15, 0.2) is 12.7 Å². The van der Waals surface area contributed by atoms with Crippen LogP contribution < -0.4 is 10.6 Å². The average Bonchev–Trinajstić information content (AvgIpc) is 3.26. The number of rotatable bonds is 8. The summed E-state index contributed by atoms with van der Waals surface area (Å²) in [5.74, 6) is -1.60. The average molecular weight is 492 g/mol. The molecule has 1 aliphatic heterocycles. The highest BCUT2D eigenvalue weighted by Gasteiger charge is 2.45. The SMILES string of the molecule is C[C@H](O)[C@H](NC(=O)Nc1ncnc2c1ncn2[C@@H]1O[C@H](COP(=O)(O)O)[C@@H](O)[C@H]1O)C(=O)O. The molecule has 0 spiro atoms. The standard InChI is InChI=1S/C15H21N6O11P/c1-5(22)7(14(25)26)19-15(27)20-11-8-12(17-3-16-11)21(4-18-8)13-10(24)9(23)6(32-13)2-31-33(28,29)30/h3-7,9-10,13,22-24H,2H2,1H3,(H,25,26)(H2,28,29,30)(H2,16,17,19,20,27)/t5-,6+,7-,9+,10+,13+/m0/s1. The molecule has 1 aliphatic rings. The van der Waals surface area contributed by atoms with Crippen molar-refractivity contribution in [1.82, 2.24) is 24.8 Å². The number of urea groups is 1. The number of aliphatic hydroxyl groups excluding tert-OH is 3. The molecule has 182 valence electrons. The molecule has 0 aromatic carbocycles. The Kier molecular flexibility index (Phi) is 7.25. The third-order valence-electron chi connectivity index (χ3n) is 4.64. The van der Waals surface area contributed by atoms with Gasteiger partial charge in [-0.1, -0.05) is 0 Å². The maximum atomic E-state index is 12.2. The van der Waals surface area contributed by atoms with Crippen molar-refractivity contribution >= 4 is 36.8 Å². The van der Waals surface area contributed by atoms with Crippen molar-refractivity contribution in [3.63, 3.8) is 0 Å². The lowest BCUT2D eigenvalue weighted by molar-refractivity contribution is -0.141. The topological polar surface area (TPSA) is 259 Å². The van der Waals surface area contributed by atoms with Gasteiger partial charge in [-0.05, 0) is 6.92 Å². The first kappa shape index (κ1) is 24.9. The number of aliphatic carboxylic acids is 1. The van der Waals surface area contributed by atoms with Crippen LogP contribution in [0.25, 0.3) is 11.2 Å². The third kappa shape index (κ3) is 5.60. The second-order valence-electron chi connectivity index (χ2n) is 7.03. The summed E-state index contributed by atoms with van der Waals surface area (Å²) in [4.78, 5) is 52.8. The number of aromatic nitrogens is 4. The van der Waals surface area contributed by atoms with E-state index in [9.17, 15) is 29.5 Å². The number of carboxylic acid groups (broad SMARTS) is 1. The number of carbonyl (C=O) groups excluding carboxylic acids is 1. The summed E-state index contributed by atoms with van der Waals surface area (Å²) in [6.07, 6.45) is -4.86. The van der Waals surface area contributed by atoms with Gasteiger partial charge in [0.15, 0.2) is 29.3 Å². The Bertz CT molecular complexity index is 1070. The van der Waals surface area contributed by atoms with Crippen LogP contribution in [0.3, 0.4) is 0 Å². The molecular formula is C15H21N6O11P. The van der Waals surface area contributed by atoms with E-state index in [1.165, 1.54) is 11.5 Å². The summed E-state index contributed by atoms with van der Waals surface area (Å²) in [5.41, 5.74) is 0.0511. The van der Waals surface area contributed by atoms with Crippen molar-refractivity contribution in [2.24, 2.45) is 0 Å². The smallest absolute Gasteiger partial charge is 0.469 e. The number of amides is 2. The van der Waals surface area contributed by atoms with Crippen LogP contribution in [-0.4, -0.2) is 98.8 Å². The maximum Gasteiger partial charge on any atom is 0.469 e. The number of ether oxygens (including phenoxy) is 1. The summed E-state index contributed by atoms with van der Waals surface area (Å²) in [5, 5.41) is 43.3. The predicted octanol–water partition coefficient (Wildman–Crippen LogP) is -2.49. The number of imidazole rings is 1. The molecule has 0 aliphatic carbocycles. The van der Waals surface area contributed by atoms with E-state index in [0.717, 1.165) is 12.7 Å². The van der Waals surface area contributed by atoms with Crippen LogP contribution in [0.4, 0.5) is 10.6 Å². The van der Waals surface area contributed by atoms with Crippen LogP contribution >= 0.6 is 7.82 Å². The normalized spacial score (nSPS) is 25.0. The number of fused-ring (bicyclic) bond motifs is 1. The van der Waals surface area contributed by atoms with Gasteiger partial charge in [0.25, 0.3) is 0 Å². The number of carboxylic acids is 1. The molecule has 2 aromatic rings. The number of aliphatic hydroxyl groups is 3. The van der Waals surface area contributed by atoms with E-state index >= 15 is 0 Å². The maximum absolute atomic E-state index is 12.2. The summed E-state index contributed by atoms with van der Waals surface area (Å²) < 4.78 is 21.9. The fourth-order valence-corrected chi connectivity index (χ4v) is 3.41. The molecule has 1 fully saturated rings. The highest BCUT2D eigenvalue weighted by Crippen LogP contribution is 2.38. The Balaban J connectivity index is 1.79. The van der Waals surface area contributed by atoms with Crippen molar-refractivity contribution < 1.29 is 53.6 Å². The van der Waals surface area contributed by atoms with Gasteiger partial charge in [0.1, 0.15) is 24.6 Å². The van der Waals surface area contributed by atoms with E-state index in [1.54, 1.807) is 0 Å². The first-order valence-corrected chi connectivity index (χ1v) is 10.8. The highest BCUT2D eigenvalue weighted by atomic mass is 31.2. The van der Waals surface area contributed by atoms with E-state index in [-0.39, 0.29) is 17.0 Å². The van der Waals surface area contributed by atoms with Crippen LogP contribution in [-0.2, 0) is 18.6 Å². The van der Waals surface area contributed by atoms with Crippen molar-refractivity contribution in [1.29, 1.82) is 0 Å². The van der Waals surface area contributed by atoms with E-state index in [2.05, 4.69) is 30.1 Å². The molecule has 3 heterocycles. The molecule has 8 N–H and O–H groups in total. The van der Waals surface area contributed by atoms with Gasteiger partial charge >= 0.3 is 19.8 Å². The minimum absolute atomic E-state index is 0.0109. The molecule has 17 nitrogen and oxygen atoms in total. The van der Waals surface area contributed by atoms with Crippen molar-refractivity contribution in [3.05, 3.63) is 12.7 Å². The van der Waals surface area contributed by atoms with Crippen LogP contribution in [0.2, 0.25) is 0 Å². The zero-order chi connectivity index (χ0) is 24.5. The number of nitrogens with one attached hydrogen (secondary N) is 2. The van der Waals surface area contributed by atoms with Crippen LogP contribution in [0.1, 0.15) is 13.2 Å². The van der Waals surface area contributed by atoms with Gasteiger partial charge in [0.05, 0.1) is 19.0 Å². The zero-order valence-electron chi connectivity index (χ0n) is 16.8. The summed E-state index contributed by atoms with van der Waals surface area (Å²) in [6.45, 7) is 0.477. The molecule has 6 atom stereocenters. The van der Waals surface area contributed by atoms with Gasteiger partial charge in [0.2, 0.25) is 0 Å². The number of carbonyl (C=O) groups is 2. The lowest BCUT2D eigenvalue weighted by atomic mass is 10.1. The van der Waals surface area contributed by atoms with E-state index in [4.69, 9.17) is 19.6 Å². The molecule has 0 bridgehead atoms. The largest absolute Gasteiger partial charge is 0.480 e. The van der Waals surface area contributed by atoms with Gasteiger partial charge in [-0.3, -0.25) is 14.4 Å². The van der Waals surface area contributed by atoms with Crippen LogP contribution in [0.5, 0.6) is 0 Å². The van der Waals surface area contributed by atoms with Gasteiger partial charge in [-0.2, -0.15) is 0 Å². The fourth-order valence-electron chi connectivity index (χ4n) is 3.07. The number of hydrogen-bond donors (Lipinski definition) is 8. The molecule has 0 saturated carbocycles. The van der Waals surface area contributed by atoms with Crippen molar-refractivity contribution in [2.45, 2.75) is 43.6 Å². The van der Waals surface area contributed by atoms with Gasteiger partial charge < -0.3 is 40.3 Å². The third-order valence-corrected chi connectivity index (χ3v) is 5.13. The summed E-state index contributed by atoms with van der Waals surface area (Å²) in [7, 11) is -4.84. The Labute approximate surface area is 184 Å². The lowest BCUT2D eigenvalue weighted by Crippen LogP contribution is -2.49. The quantitative estimate of drug-likeness (QED) is 0.177. The van der Waals surface area contributed by atoms with Gasteiger partial charge in [0, 0.05) is 0 Å². The molecule has 1 saturated heterocycles. The van der Waals surface area contributed by atoms with E-state index in [0.29, 0.717) is 0 Å². The van der Waals surface area contributed by atoms with E-state index in [1.807, 2.05) is 0 Å². The van der Waals surface area contributed by atoms with E-state index < -0.39 is 63.1 Å². The Morgan fingerprint density at radius 1 is 1.27 bits per heavy atom. The molecule has 0 radical (unpaired) electrons. The van der Waals surface area contributed by atoms with Gasteiger partial charge in [-0.15, -0.1) is 0 Å². The second kappa shape index (κ2) is 9.62. The van der Waals surface area contributed by atoms with Crippen molar-refractivity contribution in [3.8, 4) is 0 Å². The molecule has 18 heteroatoms. The second-order valence-corrected chi connectivity index (χ2v) is 8.27. The molecule has 0 unspecified atom stereocenters. The lowest BCUT2D eigenvalue weighted by Gasteiger charge is -2.17. The molecule has 2 amide bonds. The van der Waals surface area contributed by atoms with Crippen molar-refractivity contribution in [2.75, 3.05) is 11.9 Å². The minimum Gasteiger partial charge on any atom is -0.480 e. The minimum atomic E-state index is -4.84. The summed E-state index contributed by atoms with van der Waals surface area (Å²) >= 11 is 0. The van der Waals surface area contributed by atoms with Crippen LogP contribution in [0, 0.1) is 0 Å². The first-order chi connectivity index (χ1) is 15.4. The number of anilines is 1. The molecular weight excluding hydrogens is 471 g/mol. The molecule has 3 rings (SSSR count). The summed E-state index contributed by atoms with van der Waals surface area (Å²) in [6, 6.07) is -2.59.